The van der Waals surface area contributed by atoms with E-state index in [2.05, 4.69) is 37.4 Å². The molecule has 0 saturated carbocycles. The Morgan fingerprint density at radius 1 is 1.50 bits per heavy atom. The molecule has 3 heterocycles. The average molecular weight is 391 g/mol. The minimum atomic E-state index is -4.74. The van der Waals surface area contributed by atoms with Crippen LogP contribution in [0.1, 0.15) is 0 Å². The number of H-pyrrole nitrogens is 1. The molecule has 2 aliphatic rings. The van der Waals surface area contributed by atoms with Crippen molar-refractivity contribution in [3.63, 3.8) is 0 Å². The zero-order valence-electron chi connectivity index (χ0n) is 11.5. The molecule has 128 valence electrons. The number of nitrogen functional groups attached to an aromatic ring is 1. The van der Waals surface area contributed by atoms with Gasteiger partial charge in [-0.05, 0) is 0 Å². The molecule has 6 N–H and O–H groups in total. The molecule has 0 amide bonds. The second kappa shape index (κ2) is 5.86. The second-order valence-electron chi connectivity index (χ2n) is 4.67. The predicted octanol–water partition coefficient (Wildman–Crippen LogP) is -0.175. The number of aliphatic imine (C=N–C) groups is 1. The number of fused-ring (bicyclic) bond motifs is 2. The monoisotopic (exact) mass is 391 g/mol. The van der Waals surface area contributed by atoms with Crippen LogP contribution in [0.4, 0.5) is 17.5 Å². The maximum absolute atomic E-state index is 11.9. The van der Waals surface area contributed by atoms with Crippen molar-refractivity contribution in [1.82, 2.24) is 9.97 Å². The maximum atomic E-state index is 11.9. The summed E-state index contributed by atoms with van der Waals surface area (Å²) < 4.78 is 20.6. The number of ether oxygens (including phenoxy) is 1. The van der Waals surface area contributed by atoms with Gasteiger partial charge in [0.15, 0.2) is 17.3 Å². The van der Waals surface area contributed by atoms with E-state index < -0.39 is 24.9 Å². The number of aromatic amines is 1. The first-order valence-corrected chi connectivity index (χ1v) is 8.69. The molecule has 3 rings (SSSR count). The summed E-state index contributed by atoms with van der Waals surface area (Å²) in [5.74, 6) is -0.0685. The number of thiol groups is 1. The van der Waals surface area contributed by atoms with E-state index in [0.29, 0.717) is 0 Å². The van der Waals surface area contributed by atoms with Crippen LogP contribution in [0, 0.1) is 0 Å². The van der Waals surface area contributed by atoms with Crippen molar-refractivity contribution in [2.75, 3.05) is 11.1 Å². The molecule has 0 aromatic carbocycles. The summed E-state index contributed by atoms with van der Waals surface area (Å²) in [6, 6.07) is 0. The van der Waals surface area contributed by atoms with Gasteiger partial charge in [0.1, 0.15) is 12.0 Å². The second-order valence-corrected chi connectivity index (χ2v) is 6.82. The molecule has 24 heavy (non-hydrogen) atoms. The number of thiocarbonyl (C=S) groups is 1. The minimum absolute atomic E-state index is 0.0131. The van der Waals surface area contributed by atoms with Crippen LogP contribution in [0.25, 0.3) is 0 Å². The molecule has 1 unspecified atom stereocenters. The number of hydrogen-bond donors (Lipinski definition) is 6. The average Bonchev–Trinajstić information content (AvgIpc) is 2.47. The van der Waals surface area contributed by atoms with E-state index in [1.54, 1.807) is 0 Å². The first-order valence-electron chi connectivity index (χ1n) is 6.23. The van der Waals surface area contributed by atoms with E-state index in [9.17, 15) is 9.36 Å². The topological polar surface area (TPSA) is 172 Å². The van der Waals surface area contributed by atoms with Crippen LogP contribution < -0.4 is 16.6 Å². The molecule has 0 aliphatic carbocycles. The molecular weight excluding hydrogens is 381 g/mol. The summed E-state index contributed by atoms with van der Waals surface area (Å²) in [5, 5.41) is 1.94. The molecule has 0 radical (unpaired) electrons. The van der Waals surface area contributed by atoms with Gasteiger partial charge in [0.2, 0.25) is 12.2 Å². The highest BCUT2D eigenvalue weighted by atomic mass is 32.1. The fraction of sp³-hybridized carbons (Fsp3) is 0.200. The van der Waals surface area contributed by atoms with Gasteiger partial charge in [-0.25, -0.2) is 9.56 Å². The van der Waals surface area contributed by atoms with Crippen molar-refractivity contribution in [2.45, 2.75) is 11.5 Å². The number of aromatic nitrogens is 2. The van der Waals surface area contributed by atoms with Crippen molar-refractivity contribution >= 4 is 60.7 Å². The van der Waals surface area contributed by atoms with Crippen LogP contribution in [0.2, 0.25) is 0 Å². The summed E-state index contributed by atoms with van der Waals surface area (Å²) in [6.07, 6.45) is -0.202. The molecule has 1 fully saturated rings. The molecule has 2 aliphatic heterocycles. The number of anilines is 2. The molecule has 11 nitrogen and oxygen atoms in total. The molecule has 14 heteroatoms. The third-order valence-corrected chi connectivity index (χ3v) is 4.50. The number of phosphoric ester groups is 1. The first-order chi connectivity index (χ1) is 11.2. The van der Waals surface area contributed by atoms with Crippen LogP contribution in [0.15, 0.2) is 21.8 Å². The summed E-state index contributed by atoms with van der Waals surface area (Å²) in [5.41, 5.74) is 5.13. The first kappa shape index (κ1) is 16.9. The lowest BCUT2D eigenvalue weighted by atomic mass is 10.1. The number of phosphoric acid groups is 1. The number of nitrogens with one attached hydrogen (secondary N) is 2. The minimum Gasteiger partial charge on any atom is -0.464 e. The van der Waals surface area contributed by atoms with Crippen LogP contribution in [-0.2, 0) is 13.8 Å². The lowest BCUT2D eigenvalue weighted by molar-refractivity contribution is 0.169. The van der Waals surface area contributed by atoms with Gasteiger partial charge < -0.3 is 20.3 Å². The van der Waals surface area contributed by atoms with Crippen molar-refractivity contribution < 1.29 is 23.6 Å². The maximum Gasteiger partial charge on any atom is 0.524 e. The third kappa shape index (κ3) is 3.16. The number of nitrogens with two attached hydrogens (primary N) is 1. The highest BCUT2D eigenvalue weighted by Gasteiger charge is 2.39. The Kier molecular flexibility index (Phi) is 4.13. The van der Waals surface area contributed by atoms with E-state index in [4.69, 9.17) is 32.5 Å². The van der Waals surface area contributed by atoms with Gasteiger partial charge >= 0.3 is 7.82 Å². The summed E-state index contributed by atoms with van der Waals surface area (Å²) in [6.45, 7) is 0. The predicted molar refractivity (Wildman–Crippen MR) is 91.4 cm³/mol. The molecule has 0 spiro atoms. The Hall–Kier alpha value is -1.92. The molecule has 0 bridgehead atoms. The largest absolute Gasteiger partial charge is 0.524 e. The zero-order valence-corrected chi connectivity index (χ0v) is 14.1. The van der Waals surface area contributed by atoms with Gasteiger partial charge in [-0.15, -0.1) is 0 Å². The van der Waals surface area contributed by atoms with Crippen LogP contribution in [-0.4, -0.2) is 41.8 Å². The fourth-order valence-corrected chi connectivity index (χ4v) is 2.78. The highest BCUT2D eigenvalue weighted by Crippen LogP contribution is 2.38. The van der Waals surface area contributed by atoms with Crippen molar-refractivity contribution in [3.8, 4) is 0 Å². The Bertz CT molecular complexity index is 892. The van der Waals surface area contributed by atoms with E-state index in [0.717, 1.165) is 6.26 Å². The third-order valence-electron chi connectivity index (χ3n) is 2.99. The summed E-state index contributed by atoms with van der Waals surface area (Å²) in [7, 11) is -4.74. The molecule has 1 aromatic rings. The molecule has 2 atom stereocenters. The van der Waals surface area contributed by atoms with Crippen LogP contribution in [0.3, 0.4) is 0 Å². The van der Waals surface area contributed by atoms with Crippen LogP contribution in [0.5, 0.6) is 0 Å². The van der Waals surface area contributed by atoms with Gasteiger partial charge in [0.25, 0.3) is 5.56 Å². The van der Waals surface area contributed by atoms with Crippen molar-refractivity contribution in [3.05, 3.63) is 22.4 Å². The highest BCUT2D eigenvalue weighted by molar-refractivity contribution is 7.88. The number of nitrogens with zero attached hydrogens (tertiary/aromatic N) is 2. The fourth-order valence-electron chi connectivity index (χ4n) is 2.01. The smallest absolute Gasteiger partial charge is 0.464 e. The van der Waals surface area contributed by atoms with Crippen molar-refractivity contribution in [2.24, 2.45) is 4.99 Å². The van der Waals surface area contributed by atoms with Gasteiger partial charge in [0, 0.05) is 0 Å². The molecule has 1 aromatic heterocycles. The van der Waals surface area contributed by atoms with Gasteiger partial charge in [0.05, 0.1) is 10.1 Å². The van der Waals surface area contributed by atoms with Crippen LogP contribution >= 0.6 is 32.7 Å². The summed E-state index contributed by atoms with van der Waals surface area (Å²) in [4.78, 5) is 39.9. The number of rotatable bonds is 2. The Morgan fingerprint density at radius 2 is 2.21 bits per heavy atom. The Labute approximate surface area is 144 Å². The molecule has 1 saturated heterocycles. The Balaban J connectivity index is 1.99. The van der Waals surface area contributed by atoms with Gasteiger partial charge in [-0.3, -0.25) is 19.6 Å². The van der Waals surface area contributed by atoms with E-state index in [-0.39, 0.29) is 33.8 Å². The van der Waals surface area contributed by atoms with Gasteiger partial charge in [-0.1, -0.05) is 12.2 Å². The quantitative estimate of drug-likeness (QED) is 0.172. The molecular formula is C10H10N5O6PS2. The van der Waals surface area contributed by atoms with E-state index >= 15 is 0 Å². The van der Waals surface area contributed by atoms with Crippen molar-refractivity contribution in [1.29, 1.82) is 0 Å². The SMILES string of the molecule is Nc1nc2c(c(=O)[nH]1)N=C1C(=S)C(S)/C(=C/OP(=O)(O)O)O[C@H]1N2. The standard InChI is InChI=1S/C10H10N5O6PS2/c11-10-14-7-4(8(16)15-10)12-3-6(24)5(23)2(21-9(3)13-7)1-20-22(17,18)19/h1,5,9,23H,(H2,17,18,19)(H4,11,13,14,15,16)/b2-1-/t5?,9-/m1/s1. The lowest BCUT2D eigenvalue weighted by Gasteiger charge is -2.34. The number of hydrogen-bond acceptors (Lipinski definition) is 10. The lowest BCUT2D eigenvalue weighted by Crippen LogP contribution is -2.48. The Morgan fingerprint density at radius 3 is 2.88 bits per heavy atom. The summed E-state index contributed by atoms with van der Waals surface area (Å²) >= 11 is 9.45. The van der Waals surface area contributed by atoms with E-state index in [1.165, 1.54) is 0 Å². The van der Waals surface area contributed by atoms with Gasteiger partial charge in [-0.2, -0.15) is 17.6 Å². The normalized spacial score (nSPS) is 24.4. The zero-order chi connectivity index (χ0) is 17.6. The van der Waals surface area contributed by atoms with E-state index in [1.807, 2.05) is 0 Å².